The Morgan fingerprint density at radius 1 is 1.38 bits per heavy atom. The molecule has 0 bridgehead atoms. The van der Waals surface area contributed by atoms with Crippen molar-refractivity contribution in [1.29, 1.82) is 0 Å². The second-order valence-electron chi connectivity index (χ2n) is 5.16. The molecule has 1 aliphatic rings. The van der Waals surface area contributed by atoms with E-state index in [0.29, 0.717) is 12.0 Å². The molecule has 0 spiro atoms. The van der Waals surface area contributed by atoms with Crippen molar-refractivity contribution in [1.82, 2.24) is 5.32 Å². The van der Waals surface area contributed by atoms with E-state index < -0.39 is 0 Å². The molecule has 1 fully saturated rings. The van der Waals surface area contributed by atoms with Gasteiger partial charge in [-0.15, -0.1) is 0 Å². The molecule has 1 rings (SSSR count). The summed E-state index contributed by atoms with van der Waals surface area (Å²) in [6.07, 6.45) is 6.45. The largest absolute Gasteiger partial charge is 0.356 e. The minimum absolute atomic E-state index is 0.196. The maximum atomic E-state index is 11.9. The highest BCUT2D eigenvalue weighted by Crippen LogP contribution is 2.29. The van der Waals surface area contributed by atoms with E-state index in [-0.39, 0.29) is 11.8 Å². The first-order valence-electron chi connectivity index (χ1n) is 6.68. The predicted octanol–water partition coefficient (Wildman–Crippen LogP) is 2.06. The van der Waals surface area contributed by atoms with Crippen molar-refractivity contribution in [3.8, 4) is 0 Å². The summed E-state index contributed by atoms with van der Waals surface area (Å²) in [4.78, 5) is 11.9. The summed E-state index contributed by atoms with van der Waals surface area (Å²) in [6.45, 7) is 5.16. The van der Waals surface area contributed by atoms with Gasteiger partial charge in [0.25, 0.3) is 0 Å². The molecule has 1 saturated carbocycles. The van der Waals surface area contributed by atoms with E-state index in [1.807, 2.05) is 0 Å². The van der Waals surface area contributed by atoms with Gasteiger partial charge in [-0.25, -0.2) is 0 Å². The molecular weight excluding hydrogens is 200 g/mol. The number of amides is 1. The zero-order chi connectivity index (χ0) is 12.0. The maximum absolute atomic E-state index is 11.9. The van der Waals surface area contributed by atoms with Crippen molar-refractivity contribution < 1.29 is 4.79 Å². The number of hydrogen-bond donors (Lipinski definition) is 2. The van der Waals surface area contributed by atoms with Crippen LogP contribution in [0.1, 0.15) is 52.4 Å². The number of nitrogens with two attached hydrogens (primary N) is 1. The van der Waals surface area contributed by atoms with E-state index in [1.165, 1.54) is 12.8 Å². The van der Waals surface area contributed by atoms with Crippen LogP contribution >= 0.6 is 0 Å². The maximum Gasteiger partial charge on any atom is 0.223 e. The van der Waals surface area contributed by atoms with E-state index in [4.69, 9.17) is 5.73 Å². The number of rotatable bonds is 5. The zero-order valence-electron chi connectivity index (χ0n) is 10.7. The van der Waals surface area contributed by atoms with Crippen LogP contribution in [-0.2, 0) is 4.79 Å². The van der Waals surface area contributed by atoms with Crippen LogP contribution in [0.5, 0.6) is 0 Å². The molecule has 1 amide bonds. The first kappa shape index (κ1) is 13.5. The molecule has 3 nitrogen and oxygen atoms in total. The van der Waals surface area contributed by atoms with E-state index in [1.54, 1.807) is 0 Å². The van der Waals surface area contributed by atoms with Crippen molar-refractivity contribution in [2.75, 3.05) is 6.54 Å². The second kappa shape index (κ2) is 6.89. The van der Waals surface area contributed by atoms with Gasteiger partial charge in [-0.2, -0.15) is 0 Å². The fourth-order valence-corrected chi connectivity index (χ4v) is 2.55. The highest BCUT2D eigenvalue weighted by Gasteiger charge is 2.30. The molecule has 0 heterocycles. The Bertz CT molecular complexity index is 218. The molecule has 0 aromatic carbocycles. The van der Waals surface area contributed by atoms with Gasteiger partial charge in [-0.3, -0.25) is 4.79 Å². The van der Waals surface area contributed by atoms with Crippen LogP contribution in [-0.4, -0.2) is 18.5 Å². The van der Waals surface area contributed by atoms with Crippen molar-refractivity contribution in [3.05, 3.63) is 0 Å². The van der Waals surface area contributed by atoms with Crippen LogP contribution in [0.2, 0.25) is 0 Å². The van der Waals surface area contributed by atoms with Crippen LogP contribution in [0.15, 0.2) is 0 Å². The monoisotopic (exact) mass is 226 g/mol. The van der Waals surface area contributed by atoms with Crippen LogP contribution in [0.3, 0.4) is 0 Å². The number of carbonyl (C=O) groups is 1. The van der Waals surface area contributed by atoms with Gasteiger partial charge < -0.3 is 11.1 Å². The van der Waals surface area contributed by atoms with Crippen molar-refractivity contribution in [2.45, 2.75) is 58.4 Å². The van der Waals surface area contributed by atoms with Gasteiger partial charge in [0, 0.05) is 18.5 Å². The molecule has 1 aliphatic carbocycles. The summed E-state index contributed by atoms with van der Waals surface area (Å²) in [7, 11) is 0. The second-order valence-corrected chi connectivity index (χ2v) is 5.16. The lowest BCUT2D eigenvalue weighted by Gasteiger charge is -2.31. The Labute approximate surface area is 99.2 Å². The van der Waals surface area contributed by atoms with Crippen LogP contribution in [0.25, 0.3) is 0 Å². The lowest BCUT2D eigenvalue weighted by atomic mass is 9.78. The van der Waals surface area contributed by atoms with Gasteiger partial charge in [-0.1, -0.05) is 26.7 Å². The third-order valence-corrected chi connectivity index (χ3v) is 3.63. The normalized spacial score (nSPS) is 30.1. The summed E-state index contributed by atoms with van der Waals surface area (Å²) in [5.41, 5.74) is 5.90. The summed E-state index contributed by atoms with van der Waals surface area (Å²) in [5, 5.41) is 3.05. The summed E-state index contributed by atoms with van der Waals surface area (Å²) < 4.78 is 0. The van der Waals surface area contributed by atoms with Gasteiger partial charge in [0.1, 0.15) is 0 Å². The van der Waals surface area contributed by atoms with Crippen molar-refractivity contribution in [3.63, 3.8) is 0 Å². The molecule has 3 N–H and O–H groups in total. The first-order valence-corrected chi connectivity index (χ1v) is 6.68. The quantitative estimate of drug-likeness (QED) is 0.705. The van der Waals surface area contributed by atoms with Crippen LogP contribution in [0.4, 0.5) is 0 Å². The molecule has 0 radical (unpaired) electrons. The van der Waals surface area contributed by atoms with Gasteiger partial charge in [0.15, 0.2) is 0 Å². The topological polar surface area (TPSA) is 55.1 Å². The van der Waals surface area contributed by atoms with Crippen molar-refractivity contribution in [2.24, 2.45) is 17.6 Å². The molecule has 0 aliphatic heterocycles. The minimum atomic E-state index is 0.196. The first-order chi connectivity index (χ1) is 7.65. The van der Waals surface area contributed by atoms with Crippen molar-refractivity contribution >= 4 is 5.91 Å². The average Bonchev–Trinajstić information content (AvgIpc) is 2.24. The highest BCUT2D eigenvalue weighted by atomic mass is 16.1. The molecule has 0 saturated heterocycles. The Kier molecular flexibility index (Phi) is 5.81. The van der Waals surface area contributed by atoms with E-state index in [0.717, 1.165) is 32.2 Å². The number of nitrogens with one attached hydrogen (secondary N) is 1. The van der Waals surface area contributed by atoms with Gasteiger partial charge in [0.2, 0.25) is 5.91 Å². The third-order valence-electron chi connectivity index (χ3n) is 3.63. The molecule has 94 valence electrons. The Morgan fingerprint density at radius 2 is 2.12 bits per heavy atom. The molecule has 16 heavy (non-hydrogen) atoms. The van der Waals surface area contributed by atoms with Gasteiger partial charge in [-0.05, 0) is 31.6 Å². The molecule has 0 aromatic rings. The summed E-state index contributed by atoms with van der Waals surface area (Å²) in [6, 6.07) is 0.305. The number of hydrogen-bond acceptors (Lipinski definition) is 2. The van der Waals surface area contributed by atoms with Crippen LogP contribution in [0, 0.1) is 11.8 Å². The zero-order valence-corrected chi connectivity index (χ0v) is 10.7. The average molecular weight is 226 g/mol. The van der Waals surface area contributed by atoms with E-state index in [9.17, 15) is 4.79 Å². The fraction of sp³-hybridized carbons (Fsp3) is 0.923. The standard InChI is InChI=1S/C13H26N2O/c1-3-4-5-8-15-13(16)12-7-6-11(14)9-10(12)2/h10-12H,3-9,14H2,1-2H3,(H,15,16). The fourth-order valence-electron chi connectivity index (χ4n) is 2.55. The van der Waals surface area contributed by atoms with Gasteiger partial charge in [0.05, 0.1) is 0 Å². The summed E-state index contributed by atoms with van der Waals surface area (Å²) >= 11 is 0. The molecule has 0 aromatic heterocycles. The van der Waals surface area contributed by atoms with Crippen LogP contribution < -0.4 is 11.1 Å². The Morgan fingerprint density at radius 3 is 2.75 bits per heavy atom. The Hall–Kier alpha value is -0.570. The predicted molar refractivity (Wildman–Crippen MR) is 67.0 cm³/mol. The van der Waals surface area contributed by atoms with E-state index >= 15 is 0 Å². The molecule has 3 unspecified atom stereocenters. The number of carbonyl (C=O) groups excluding carboxylic acids is 1. The lowest BCUT2D eigenvalue weighted by Crippen LogP contribution is -2.41. The molecular formula is C13H26N2O. The lowest BCUT2D eigenvalue weighted by molar-refractivity contribution is -0.127. The minimum Gasteiger partial charge on any atom is -0.356 e. The van der Waals surface area contributed by atoms with Gasteiger partial charge >= 0.3 is 0 Å². The summed E-state index contributed by atoms with van der Waals surface area (Å²) in [5.74, 6) is 0.881. The number of unbranched alkanes of at least 4 members (excludes halogenated alkanes) is 2. The molecule has 3 atom stereocenters. The third kappa shape index (κ3) is 4.12. The highest BCUT2D eigenvalue weighted by molar-refractivity contribution is 5.79. The Balaban J connectivity index is 2.25. The molecule has 3 heteroatoms. The smallest absolute Gasteiger partial charge is 0.223 e. The van der Waals surface area contributed by atoms with E-state index in [2.05, 4.69) is 19.2 Å². The SMILES string of the molecule is CCCCCNC(=O)C1CCC(N)CC1C.